The Kier molecular flexibility index (Phi) is 4.45. The van der Waals surface area contributed by atoms with E-state index in [0.29, 0.717) is 12.8 Å². The Morgan fingerprint density at radius 1 is 1.23 bits per heavy atom. The number of aromatic nitrogens is 1. The summed E-state index contributed by atoms with van der Waals surface area (Å²) in [6.07, 6.45) is -1.20. The lowest BCUT2D eigenvalue weighted by molar-refractivity contribution is -0.138. The van der Waals surface area contributed by atoms with Crippen LogP contribution in [0.25, 0.3) is 0 Å². The second-order valence-corrected chi connectivity index (χ2v) is 8.17. The number of carbonyl (C=O) groups excluding carboxylic acids is 1. The second kappa shape index (κ2) is 6.11. The fraction of sp³-hybridized carbons (Fsp3) is 0.667. The number of fused-ring (bicyclic) bond motifs is 2. The van der Waals surface area contributed by atoms with Gasteiger partial charge in [0.25, 0.3) is 0 Å². The van der Waals surface area contributed by atoms with E-state index in [9.17, 15) is 23.1 Å². The van der Waals surface area contributed by atoms with Crippen LogP contribution in [0.5, 0.6) is 0 Å². The van der Waals surface area contributed by atoms with Gasteiger partial charge in [0.15, 0.2) is 0 Å². The van der Waals surface area contributed by atoms with Gasteiger partial charge < -0.3 is 14.7 Å². The zero-order valence-corrected chi connectivity index (χ0v) is 15.0. The van der Waals surface area contributed by atoms with E-state index in [1.54, 1.807) is 25.7 Å². The molecule has 2 bridgehead atoms. The molecule has 0 radical (unpaired) electrons. The van der Waals surface area contributed by atoms with Crippen LogP contribution in [0.2, 0.25) is 0 Å². The van der Waals surface area contributed by atoms with E-state index in [0.717, 1.165) is 12.3 Å². The summed E-state index contributed by atoms with van der Waals surface area (Å²) in [6.45, 7) is 5.34. The summed E-state index contributed by atoms with van der Waals surface area (Å²) in [5.74, 6) is 0. The average molecular weight is 372 g/mol. The molecular formula is C18H23F3N2O3. The minimum absolute atomic E-state index is 0.146. The van der Waals surface area contributed by atoms with Gasteiger partial charge in [-0.15, -0.1) is 0 Å². The Morgan fingerprint density at radius 2 is 1.81 bits per heavy atom. The van der Waals surface area contributed by atoms with Crippen LogP contribution in [0.4, 0.5) is 18.0 Å². The number of aliphatic hydroxyl groups is 1. The number of rotatable bonds is 1. The van der Waals surface area contributed by atoms with Gasteiger partial charge in [-0.25, -0.2) is 4.79 Å². The van der Waals surface area contributed by atoms with Crippen LogP contribution in [0.1, 0.15) is 57.6 Å². The van der Waals surface area contributed by atoms with Gasteiger partial charge in [0.2, 0.25) is 0 Å². The summed E-state index contributed by atoms with van der Waals surface area (Å²) in [6, 6.07) is 0.432. The Labute approximate surface area is 150 Å². The lowest BCUT2D eigenvalue weighted by atomic mass is 9.81. The normalized spacial score (nSPS) is 29.0. The highest BCUT2D eigenvalue weighted by Gasteiger charge is 2.51. The van der Waals surface area contributed by atoms with Gasteiger partial charge in [-0.2, -0.15) is 13.2 Å². The number of alkyl halides is 3. The molecule has 0 saturated carbocycles. The van der Waals surface area contributed by atoms with Crippen LogP contribution in [0.3, 0.4) is 0 Å². The molecule has 2 unspecified atom stereocenters. The maximum atomic E-state index is 13.0. The highest BCUT2D eigenvalue weighted by molar-refractivity contribution is 5.69. The summed E-state index contributed by atoms with van der Waals surface area (Å²) >= 11 is 0. The van der Waals surface area contributed by atoms with Gasteiger partial charge in [0.05, 0.1) is 11.2 Å². The Hall–Kier alpha value is -1.83. The smallest absolute Gasteiger partial charge is 0.417 e. The van der Waals surface area contributed by atoms with Gasteiger partial charge in [0, 0.05) is 42.9 Å². The summed E-state index contributed by atoms with van der Waals surface area (Å²) in [7, 11) is 0. The second-order valence-electron chi connectivity index (χ2n) is 8.17. The monoisotopic (exact) mass is 372 g/mol. The van der Waals surface area contributed by atoms with Crippen molar-refractivity contribution in [2.75, 3.05) is 0 Å². The lowest BCUT2D eigenvalue weighted by Gasteiger charge is -2.44. The van der Waals surface area contributed by atoms with E-state index in [1.165, 1.54) is 6.20 Å². The number of pyridine rings is 1. The molecule has 3 heterocycles. The first-order valence-electron chi connectivity index (χ1n) is 8.65. The van der Waals surface area contributed by atoms with Crippen LogP contribution in [0.15, 0.2) is 18.5 Å². The maximum Gasteiger partial charge on any atom is 0.417 e. The Bertz CT molecular complexity index is 686. The molecule has 1 amide bonds. The molecule has 0 spiro atoms. The standard InChI is InChI=1S/C18H23F3N2O3/c1-16(2,3)26-15(24)23-13-4-5-14(23)8-17(25,7-13)11-6-12(10-22-9-11)18(19,20)21/h6,9-10,13-14,25H,4-5,7-8H2,1-3H3. The van der Waals surface area contributed by atoms with Crippen LogP contribution in [0, 0.1) is 0 Å². The predicted molar refractivity (Wildman–Crippen MR) is 87.3 cm³/mol. The average Bonchev–Trinajstić information content (AvgIpc) is 2.78. The van der Waals surface area contributed by atoms with Crippen LogP contribution >= 0.6 is 0 Å². The molecule has 5 nitrogen and oxygen atoms in total. The largest absolute Gasteiger partial charge is 0.444 e. The molecular weight excluding hydrogens is 349 g/mol. The number of ether oxygens (including phenoxy) is 1. The summed E-state index contributed by atoms with van der Waals surface area (Å²) in [5.41, 5.74) is -2.80. The highest BCUT2D eigenvalue weighted by Crippen LogP contribution is 2.46. The molecule has 3 rings (SSSR count). The molecule has 2 saturated heterocycles. The fourth-order valence-corrected chi connectivity index (χ4v) is 3.92. The number of nitrogens with zero attached hydrogens (tertiary/aromatic N) is 2. The first-order chi connectivity index (χ1) is 11.9. The van der Waals surface area contributed by atoms with E-state index in [2.05, 4.69) is 4.98 Å². The minimum Gasteiger partial charge on any atom is -0.444 e. The quantitative estimate of drug-likeness (QED) is 0.813. The van der Waals surface area contributed by atoms with Gasteiger partial charge in [-0.3, -0.25) is 4.98 Å². The molecule has 2 atom stereocenters. The SMILES string of the molecule is CC(C)(C)OC(=O)N1C2CCC1CC(O)(c1cncc(C(F)(F)F)c1)C2. The number of carbonyl (C=O) groups is 1. The zero-order chi connectivity index (χ0) is 19.3. The molecule has 2 fully saturated rings. The van der Waals surface area contributed by atoms with Crippen molar-refractivity contribution in [3.63, 3.8) is 0 Å². The number of piperidine rings is 1. The first-order valence-corrected chi connectivity index (χ1v) is 8.65. The predicted octanol–water partition coefficient (Wildman–Crippen LogP) is 3.85. The van der Waals surface area contributed by atoms with Crippen LogP contribution in [-0.4, -0.2) is 38.8 Å². The third-order valence-electron chi connectivity index (χ3n) is 4.97. The summed E-state index contributed by atoms with van der Waals surface area (Å²) in [4.78, 5) is 17.8. The molecule has 1 aromatic rings. The van der Waals surface area contributed by atoms with Crippen molar-refractivity contribution in [1.29, 1.82) is 0 Å². The Balaban J connectivity index is 1.83. The molecule has 26 heavy (non-hydrogen) atoms. The van der Waals surface area contributed by atoms with E-state index in [1.807, 2.05) is 0 Å². The summed E-state index contributed by atoms with van der Waals surface area (Å²) in [5, 5.41) is 11.1. The molecule has 1 N–H and O–H groups in total. The van der Waals surface area contributed by atoms with Crippen molar-refractivity contribution in [2.45, 2.75) is 75.9 Å². The van der Waals surface area contributed by atoms with E-state index in [-0.39, 0.29) is 30.5 Å². The zero-order valence-electron chi connectivity index (χ0n) is 15.0. The molecule has 1 aromatic heterocycles. The third kappa shape index (κ3) is 3.65. The van der Waals surface area contributed by atoms with Crippen LogP contribution < -0.4 is 0 Å². The van der Waals surface area contributed by atoms with E-state index in [4.69, 9.17) is 4.74 Å². The number of hydrogen-bond acceptors (Lipinski definition) is 4. The minimum atomic E-state index is -4.52. The lowest BCUT2D eigenvalue weighted by Crippen LogP contribution is -2.53. The van der Waals surface area contributed by atoms with Crippen molar-refractivity contribution in [3.8, 4) is 0 Å². The number of amides is 1. The van der Waals surface area contributed by atoms with Crippen molar-refractivity contribution in [3.05, 3.63) is 29.6 Å². The number of halogens is 3. The van der Waals surface area contributed by atoms with E-state index < -0.39 is 29.0 Å². The van der Waals surface area contributed by atoms with E-state index >= 15 is 0 Å². The topological polar surface area (TPSA) is 62.7 Å². The highest BCUT2D eigenvalue weighted by atomic mass is 19.4. The van der Waals surface area contributed by atoms with Crippen molar-refractivity contribution < 1.29 is 27.8 Å². The molecule has 2 aliphatic rings. The van der Waals surface area contributed by atoms with Crippen molar-refractivity contribution >= 4 is 6.09 Å². The van der Waals surface area contributed by atoms with Gasteiger partial charge in [0.1, 0.15) is 5.60 Å². The van der Waals surface area contributed by atoms with Crippen LogP contribution in [-0.2, 0) is 16.5 Å². The van der Waals surface area contributed by atoms with Gasteiger partial charge in [-0.1, -0.05) is 0 Å². The fourth-order valence-electron chi connectivity index (χ4n) is 3.92. The molecule has 8 heteroatoms. The van der Waals surface area contributed by atoms with Gasteiger partial charge >= 0.3 is 12.3 Å². The summed E-state index contributed by atoms with van der Waals surface area (Å²) < 4.78 is 44.3. The molecule has 0 aromatic carbocycles. The number of hydrogen-bond donors (Lipinski definition) is 1. The first kappa shape index (κ1) is 18.9. The van der Waals surface area contributed by atoms with Crippen molar-refractivity contribution in [2.24, 2.45) is 0 Å². The maximum absolute atomic E-state index is 13.0. The molecule has 2 aliphatic heterocycles. The Morgan fingerprint density at radius 3 is 2.31 bits per heavy atom. The molecule has 0 aliphatic carbocycles. The molecule has 144 valence electrons. The van der Waals surface area contributed by atoms with Gasteiger partial charge in [-0.05, 0) is 39.7 Å². The van der Waals surface area contributed by atoms with Crippen molar-refractivity contribution in [1.82, 2.24) is 9.88 Å². The third-order valence-corrected chi connectivity index (χ3v) is 4.97.